The Kier molecular flexibility index (Phi) is 31.1. The molecule has 0 N–H and O–H groups in total. The number of hydrogen-bond acceptors (Lipinski definition) is 3. The predicted molar refractivity (Wildman–Crippen MR) is 140 cm³/mol. The van der Waals surface area contributed by atoms with E-state index in [-0.39, 0.29) is 57.1 Å². The summed E-state index contributed by atoms with van der Waals surface area (Å²) in [5.41, 5.74) is 0. The van der Waals surface area contributed by atoms with E-state index in [1.54, 1.807) is 0 Å². The quantitative estimate of drug-likeness (QED) is 0.0740. The first-order valence-electron chi connectivity index (χ1n) is 13.5. The van der Waals surface area contributed by atoms with Crippen LogP contribution < -0.4 is 0 Å². The molecule has 0 radical (unpaired) electrons. The van der Waals surface area contributed by atoms with Crippen LogP contribution in [0.15, 0.2) is 0 Å². The first-order chi connectivity index (χ1) is 14.6. The molecule has 31 heavy (non-hydrogen) atoms. The van der Waals surface area contributed by atoms with E-state index < -0.39 is 10.1 Å². The Bertz CT molecular complexity index is 426. The summed E-state index contributed by atoms with van der Waals surface area (Å²) in [5.74, 6) is 0.196. The van der Waals surface area contributed by atoms with Gasteiger partial charge in [0.25, 0.3) is 10.1 Å². The van der Waals surface area contributed by atoms with Gasteiger partial charge in [0.2, 0.25) is 0 Å². The average Bonchev–Trinajstić information content (AvgIpc) is 2.72. The van der Waals surface area contributed by atoms with Gasteiger partial charge in [-0.25, -0.2) is 0 Å². The standard InChI is InChI=1S/C26H54O3S.K.H/c1-3-5-7-9-11-13-14-15-16-17-19-21-23-25-29-30(27,28)26-24-22-20-18-12-10-8-6-4-2;;/h3-26H2,1-2H3;;. The molecule has 0 aliphatic heterocycles. The molecular weight excluding hydrogens is 431 g/mol. The van der Waals surface area contributed by atoms with E-state index in [9.17, 15) is 8.42 Å². The molecule has 0 aromatic heterocycles. The van der Waals surface area contributed by atoms with Crippen LogP contribution in [-0.2, 0) is 14.3 Å². The molecule has 0 saturated carbocycles. The van der Waals surface area contributed by atoms with Gasteiger partial charge in [0.1, 0.15) is 0 Å². The third-order valence-electron chi connectivity index (χ3n) is 6.01. The SMILES string of the molecule is CCCCCCCCCCCCCCCOS(=O)(=O)CCCCCCCCCCC.[KH]. The molecule has 0 spiro atoms. The molecule has 0 rings (SSSR count). The molecule has 0 aromatic rings. The minimum absolute atomic E-state index is 0. The molecule has 5 heteroatoms. The second kappa shape index (κ2) is 27.8. The molecule has 0 amide bonds. The molecule has 3 nitrogen and oxygen atoms in total. The molecule has 0 bridgehead atoms. The van der Waals surface area contributed by atoms with Crippen molar-refractivity contribution in [2.45, 2.75) is 155 Å². The van der Waals surface area contributed by atoms with Gasteiger partial charge in [-0.2, -0.15) is 8.42 Å². The van der Waals surface area contributed by atoms with Crippen molar-refractivity contribution in [1.29, 1.82) is 0 Å². The first kappa shape index (κ1) is 34.7. The maximum atomic E-state index is 11.9. The zero-order valence-corrected chi connectivity index (χ0v) is 21.4. The molecule has 0 atom stereocenters. The van der Waals surface area contributed by atoms with Crippen LogP contribution in [0.5, 0.6) is 0 Å². The average molecular weight is 487 g/mol. The first-order valence-corrected chi connectivity index (χ1v) is 15.1. The number of hydrogen-bond donors (Lipinski definition) is 0. The fourth-order valence-electron chi connectivity index (χ4n) is 3.95. The van der Waals surface area contributed by atoms with Crippen LogP contribution in [0, 0.1) is 0 Å². The summed E-state index contributed by atoms with van der Waals surface area (Å²) in [4.78, 5) is 0. The van der Waals surface area contributed by atoms with E-state index in [2.05, 4.69) is 13.8 Å². The van der Waals surface area contributed by atoms with Gasteiger partial charge in [0, 0.05) is 0 Å². The van der Waals surface area contributed by atoms with Gasteiger partial charge in [0.15, 0.2) is 0 Å². The molecule has 0 saturated heterocycles. The van der Waals surface area contributed by atoms with Gasteiger partial charge < -0.3 is 0 Å². The van der Waals surface area contributed by atoms with Crippen LogP contribution in [0.4, 0.5) is 0 Å². The Morgan fingerprint density at radius 3 is 1.10 bits per heavy atom. The fourth-order valence-corrected chi connectivity index (χ4v) is 5.00. The van der Waals surface area contributed by atoms with Crippen LogP contribution >= 0.6 is 0 Å². The van der Waals surface area contributed by atoms with E-state index in [1.807, 2.05) is 0 Å². The van der Waals surface area contributed by atoms with Crippen molar-refractivity contribution in [3.05, 3.63) is 0 Å². The summed E-state index contributed by atoms with van der Waals surface area (Å²) in [6.45, 7) is 4.88. The van der Waals surface area contributed by atoms with Crippen LogP contribution in [0.2, 0.25) is 0 Å². The van der Waals surface area contributed by atoms with Crippen molar-refractivity contribution in [1.82, 2.24) is 0 Å². The molecular formula is C26H55KO3S. The van der Waals surface area contributed by atoms with E-state index in [4.69, 9.17) is 4.18 Å². The van der Waals surface area contributed by atoms with Crippen molar-refractivity contribution < 1.29 is 12.6 Å². The van der Waals surface area contributed by atoms with Crippen LogP contribution in [0.1, 0.15) is 155 Å². The summed E-state index contributed by atoms with van der Waals surface area (Å²) in [6.07, 6.45) is 27.6. The monoisotopic (exact) mass is 486 g/mol. The van der Waals surface area contributed by atoms with Gasteiger partial charge in [-0.3, -0.25) is 4.18 Å². The summed E-state index contributed by atoms with van der Waals surface area (Å²) in [6, 6.07) is 0. The predicted octanol–water partition coefficient (Wildman–Crippen LogP) is 8.31. The van der Waals surface area contributed by atoms with Crippen molar-refractivity contribution in [2.24, 2.45) is 0 Å². The number of rotatable bonds is 25. The summed E-state index contributed by atoms with van der Waals surface area (Å²) in [5, 5.41) is 0. The summed E-state index contributed by atoms with van der Waals surface area (Å²) < 4.78 is 29.0. The Hall–Kier alpha value is 1.55. The van der Waals surface area contributed by atoms with Crippen molar-refractivity contribution >= 4 is 61.5 Å². The van der Waals surface area contributed by atoms with E-state index in [0.29, 0.717) is 6.61 Å². The van der Waals surface area contributed by atoms with Gasteiger partial charge in [-0.15, -0.1) is 0 Å². The van der Waals surface area contributed by atoms with Crippen LogP contribution in [-0.4, -0.2) is 72.2 Å². The zero-order valence-electron chi connectivity index (χ0n) is 20.6. The zero-order chi connectivity index (χ0) is 22.2. The summed E-state index contributed by atoms with van der Waals surface area (Å²) >= 11 is 0. The van der Waals surface area contributed by atoms with Gasteiger partial charge in [-0.05, 0) is 12.8 Å². The van der Waals surface area contributed by atoms with Gasteiger partial charge >= 0.3 is 51.4 Å². The Labute approximate surface area is 239 Å². The Morgan fingerprint density at radius 1 is 0.452 bits per heavy atom. The molecule has 0 aromatic carbocycles. The molecule has 0 fully saturated rings. The third-order valence-corrected chi connectivity index (χ3v) is 7.32. The van der Waals surface area contributed by atoms with Gasteiger partial charge in [0.05, 0.1) is 12.4 Å². The van der Waals surface area contributed by atoms with Crippen molar-refractivity contribution in [3.8, 4) is 0 Å². The second-order valence-corrected chi connectivity index (χ2v) is 10.9. The maximum absolute atomic E-state index is 11.9. The second-order valence-electron chi connectivity index (χ2n) is 9.15. The van der Waals surface area contributed by atoms with E-state index in [0.717, 1.165) is 32.1 Å². The minimum atomic E-state index is -3.30. The molecule has 0 unspecified atom stereocenters. The number of unbranched alkanes of at least 4 members (excludes halogenated alkanes) is 20. The fraction of sp³-hybridized carbons (Fsp3) is 1.00. The molecule has 0 aliphatic rings. The van der Waals surface area contributed by atoms with Crippen molar-refractivity contribution in [3.63, 3.8) is 0 Å². The Balaban J connectivity index is 0. The Morgan fingerprint density at radius 2 is 0.742 bits per heavy atom. The topological polar surface area (TPSA) is 43.4 Å². The molecule has 184 valence electrons. The molecule has 0 aliphatic carbocycles. The van der Waals surface area contributed by atoms with E-state index >= 15 is 0 Å². The van der Waals surface area contributed by atoms with Crippen LogP contribution in [0.25, 0.3) is 0 Å². The van der Waals surface area contributed by atoms with Gasteiger partial charge in [-0.1, -0.05) is 142 Å². The van der Waals surface area contributed by atoms with E-state index in [1.165, 1.54) is 109 Å². The third kappa shape index (κ3) is 29.5. The molecule has 0 heterocycles. The normalized spacial score (nSPS) is 11.5. The van der Waals surface area contributed by atoms with Crippen LogP contribution in [0.3, 0.4) is 0 Å². The summed E-state index contributed by atoms with van der Waals surface area (Å²) in [7, 11) is -3.30. The van der Waals surface area contributed by atoms with Crippen molar-refractivity contribution in [2.75, 3.05) is 12.4 Å².